The van der Waals surface area contributed by atoms with Gasteiger partial charge in [-0.05, 0) is 26.1 Å². The van der Waals surface area contributed by atoms with E-state index in [0.717, 1.165) is 17.3 Å². The van der Waals surface area contributed by atoms with Gasteiger partial charge in [-0.2, -0.15) is 0 Å². The van der Waals surface area contributed by atoms with Gasteiger partial charge in [0.2, 0.25) is 0 Å². The van der Waals surface area contributed by atoms with Crippen LogP contribution in [0.2, 0.25) is 0 Å². The molecule has 0 bridgehead atoms. The number of thiocarbonyl (C=S) groups is 1. The molecule has 2 N–H and O–H groups in total. The number of nitrogens with zero attached hydrogens (tertiary/aromatic N) is 2. The van der Waals surface area contributed by atoms with Crippen molar-refractivity contribution in [2.45, 2.75) is 13.8 Å². The third-order valence-electron chi connectivity index (χ3n) is 1.43. The Morgan fingerprint density at radius 3 is 2.62 bits per heavy atom. The van der Waals surface area contributed by atoms with Crippen molar-refractivity contribution >= 4 is 23.1 Å². The lowest BCUT2D eigenvalue weighted by atomic mass is 10.4. The smallest absolute Gasteiger partial charge is 0.171 e. The van der Waals surface area contributed by atoms with Gasteiger partial charge in [0.05, 0.1) is 0 Å². The molecule has 0 spiro atoms. The Kier molecular flexibility index (Phi) is 3.13. The second-order valence-corrected chi connectivity index (χ2v) is 3.05. The fourth-order valence-electron chi connectivity index (χ4n) is 0.960. The van der Waals surface area contributed by atoms with E-state index in [-0.39, 0.29) is 0 Å². The maximum absolute atomic E-state index is 4.94. The quantitative estimate of drug-likeness (QED) is 0.656. The summed E-state index contributed by atoms with van der Waals surface area (Å²) >= 11 is 4.94. The van der Waals surface area contributed by atoms with Crippen LogP contribution < -0.4 is 10.6 Å². The zero-order valence-corrected chi connectivity index (χ0v) is 8.70. The summed E-state index contributed by atoms with van der Waals surface area (Å²) in [5.74, 6) is 1.46. The van der Waals surface area contributed by atoms with Gasteiger partial charge in [0.1, 0.15) is 11.6 Å². The topological polar surface area (TPSA) is 49.8 Å². The van der Waals surface area contributed by atoms with Crippen LogP contribution in [-0.2, 0) is 0 Å². The predicted molar refractivity (Wildman–Crippen MR) is 56.8 cm³/mol. The van der Waals surface area contributed by atoms with E-state index in [1.807, 2.05) is 19.9 Å². The van der Waals surface area contributed by atoms with Gasteiger partial charge in [-0.25, -0.2) is 9.97 Å². The third kappa shape index (κ3) is 2.95. The molecular weight excluding hydrogens is 184 g/mol. The first-order valence-corrected chi connectivity index (χ1v) is 4.33. The molecule has 1 heterocycles. The third-order valence-corrected chi connectivity index (χ3v) is 1.74. The summed E-state index contributed by atoms with van der Waals surface area (Å²) in [4.78, 5) is 8.32. The van der Waals surface area contributed by atoms with Crippen molar-refractivity contribution in [3.05, 3.63) is 17.6 Å². The summed E-state index contributed by atoms with van der Waals surface area (Å²) in [5, 5.41) is 6.31. The fourth-order valence-corrected chi connectivity index (χ4v) is 1.06. The monoisotopic (exact) mass is 196 g/mol. The average molecular weight is 196 g/mol. The van der Waals surface area contributed by atoms with Crippen LogP contribution >= 0.6 is 12.2 Å². The lowest BCUT2D eigenvalue weighted by Gasteiger charge is -2.06. The molecule has 0 saturated carbocycles. The van der Waals surface area contributed by atoms with Crippen LogP contribution in [-0.4, -0.2) is 22.1 Å². The molecule has 0 atom stereocenters. The standard InChI is InChI=1S/C8H12N4S/c1-5-4-7(11-6(2)10-5)12-8(13)9-3/h4H,1-3H3,(H2,9,10,11,12,13). The molecular formula is C8H12N4S. The largest absolute Gasteiger partial charge is 0.365 e. The molecule has 5 heteroatoms. The Morgan fingerprint density at radius 1 is 1.38 bits per heavy atom. The highest BCUT2D eigenvalue weighted by atomic mass is 32.1. The Bertz CT molecular complexity index is 304. The molecule has 0 aliphatic rings. The Hall–Kier alpha value is -1.23. The molecule has 13 heavy (non-hydrogen) atoms. The molecule has 0 radical (unpaired) electrons. The molecule has 1 aromatic heterocycles. The highest BCUT2D eigenvalue weighted by Gasteiger charge is 1.99. The van der Waals surface area contributed by atoms with Crippen LogP contribution in [0, 0.1) is 13.8 Å². The second kappa shape index (κ2) is 4.13. The summed E-state index contributed by atoms with van der Waals surface area (Å²) in [6, 6.07) is 1.84. The summed E-state index contributed by atoms with van der Waals surface area (Å²) in [6.07, 6.45) is 0. The molecule has 0 aliphatic heterocycles. The minimum atomic E-state index is 0.553. The molecule has 0 unspecified atom stereocenters. The first-order valence-electron chi connectivity index (χ1n) is 3.93. The number of aromatic nitrogens is 2. The van der Waals surface area contributed by atoms with Crippen molar-refractivity contribution in [1.29, 1.82) is 0 Å². The van der Waals surface area contributed by atoms with E-state index in [2.05, 4.69) is 20.6 Å². The lowest BCUT2D eigenvalue weighted by molar-refractivity contribution is 1.01. The molecule has 1 rings (SSSR count). The van der Waals surface area contributed by atoms with Crippen LogP contribution in [0.5, 0.6) is 0 Å². The molecule has 70 valence electrons. The number of aryl methyl sites for hydroxylation is 2. The maximum atomic E-state index is 4.94. The van der Waals surface area contributed by atoms with Gasteiger partial charge in [-0.1, -0.05) is 0 Å². The number of hydrogen-bond donors (Lipinski definition) is 2. The van der Waals surface area contributed by atoms with Crippen molar-refractivity contribution in [2.75, 3.05) is 12.4 Å². The van der Waals surface area contributed by atoms with Gasteiger partial charge in [0, 0.05) is 18.8 Å². The zero-order chi connectivity index (χ0) is 9.84. The van der Waals surface area contributed by atoms with Crippen LogP contribution in [0.25, 0.3) is 0 Å². The number of anilines is 1. The minimum Gasteiger partial charge on any atom is -0.365 e. The molecule has 0 amide bonds. The first-order chi connectivity index (χ1) is 6.11. The summed E-state index contributed by atoms with van der Waals surface area (Å²) in [7, 11) is 1.76. The molecule has 0 aromatic carbocycles. The Labute approximate surface area is 82.8 Å². The van der Waals surface area contributed by atoms with Gasteiger partial charge < -0.3 is 10.6 Å². The van der Waals surface area contributed by atoms with Crippen LogP contribution in [0.3, 0.4) is 0 Å². The summed E-state index contributed by atoms with van der Waals surface area (Å²) in [6.45, 7) is 3.77. The highest BCUT2D eigenvalue weighted by Crippen LogP contribution is 2.04. The van der Waals surface area contributed by atoms with Gasteiger partial charge in [-0.3, -0.25) is 0 Å². The van der Waals surface area contributed by atoms with E-state index in [4.69, 9.17) is 12.2 Å². The van der Waals surface area contributed by atoms with Crippen molar-refractivity contribution < 1.29 is 0 Å². The Morgan fingerprint density at radius 2 is 2.08 bits per heavy atom. The average Bonchev–Trinajstić information content (AvgIpc) is 2.02. The molecule has 0 fully saturated rings. The molecule has 1 aromatic rings. The first kappa shape index (κ1) is 9.85. The van der Waals surface area contributed by atoms with Crippen LogP contribution in [0.1, 0.15) is 11.5 Å². The lowest BCUT2D eigenvalue weighted by Crippen LogP contribution is -2.24. The van der Waals surface area contributed by atoms with E-state index in [1.54, 1.807) is 7.05 Å². The van der Waals surface area contributed by atoms with Crippen molar-refractivity contribution in [1.82, 2.24) is 15.3 Å². The second-order valence-electron chi connectivity index (χ2n) is 2.65. The van der Waals surface area contributed by atoms with Crippen LogP contribution in [0.4, 0.5) is 5.82 Å². The molecule has 0 saturated heterocycles. The minimum absolute atomic E-state index is 0.553. The van der Waals surface area contributed by atoms with Crippen molar-refractivity contribution in [3.63, 3.8) is 0 Å². The summed E-state index contributed by atoms with van der Waals surface area (Å²) < 4.78 is 0. The normalized spacial score (nSPS) is 9.46. The number of rotatable bonds is 1. The van der Waals surface area contributed by atoms with Gasteiger partial charge in [0.25, 0.3) is 0 Å². The number of hydrogen-bond acceptors (Lipinski definition) is 3. The maximum Gasteiger partial charge on any atom is 0.171 e. The zero-order valence-electron chi connectivity index (χ0n) is 7.88. The van der Waals surface area contributed by atoms with Crippen molar-refractivity contribution in [3.8, 4) is 0 Å². The van der Waals surface area contributed by atoms with Crippen molar-refractivity contribution in [2.24, 2.45) is 0 Å². The Balaban J connectivity index is 2.83. The van der Waals surface area contributed by atoms with Gasteiger partial charge in [-0.15, -0.1) is 0 Å². The molecule has 4 nitrogen and oxygen atoms in total. The predicted octanol–water partition coefficient (Wildman–Crippen LogP) is 1.01. The van der Waals surface area contributed by atoms with E-state index < -0.39 is 0 Å². The van der Waals surface area contributed by atoms with E-state index in [0.29, 0.717) is 5.11 Å². The van der Waals surface area contributed by atoms with E-state index in [9.17, 15) is 0 Å². The number of nitrogens with one attached hydrogen (secondary N) is 2. The van der Waals surface area contributed by atoms with E-state index >= 15 is 0 Å². The van der Waals surface area contributed by atoms with E-state index in [1.165, 1.54) is 0 Å². The van der Waals surface area contributed by atoms with Crippen LogP contribution in [0.15, 0.2) is 6.07 Å². The van der Waals surface area contributed by atoms with Gasteiger partial charge in [0.15, 0.2) is 5.11 Å². The van der Waals surface area contributed by atoms with Gasteiger partial charge >= 0.3 is 0 Å². The SMILES string of the molecule is CNC(=S)Nc1cc(C)nc(C)n1. The molecule has 0 aliphatic carbocycles. The highest BCUT2D eigenvalue weighted by molar-refractivity contribution is 7.80. The summed E-state index contributed by atoms with van der Waals surface area (Å²) in [5.41, 5.74) is 0.925. The fraction of sp³-hybridized carbons (Fsp3) is 0.375.